The summed E-state index contributed by atoms with van der Waals surface area (Å²) in [4.78, 5) is 23.2. The van der Waals surface area contributed by atoms with Crippen molar-refractivity contribution in [2.45, 2.75) is 76.9 Å². The number of carbonyl (C=O) groups excluding carboxylic acids is 2. The Bertz CT molecular complexity index is 356. The molecule has 0 aromatic heterocycles. The summed E-state index contributed by atoms with van der Waals surface area (Å²) in [5.41, 5.74) is -0.908. The van der Waals surface area contributed by atoms with Crippen molar-refractivity contribution in [1.29, 1.82) is 0 Å². The maximum atomic E-state index is 11.8. The molecule has 1 spiro atoms. The zero-order chi connectivity index (χ0) is 14.1. The fourth-order valence-electron chi connectivity index (χ4n) is 3.65. The number of nitrogens with one attached hydrogen (secondary N) is 1. The molecule has 0 unspecified atom stereocenters. The maximum absolute atomic E-state index is 11.8. The number of hydrogen-bond acceptors (Lipinski definition) is 3. The lowest BCUT2D eigenvalue weighted by atomic mass is 9.52. The molecule has 1 N–H and O–H groups in total. The van der Waals surface area contributed by atoms with Gasteiger partial charge in [0.25, 0.3) is 0 Å². The van der Waals surface area contributed by atoms with Gasteiger partial charge in [-0.3, -0.25) is 0 Å². The number of rotatable bonds is 2. The molecule has 0 atom stereocenters. The summed E-state index contributed by atoms with van der Waals surface area (Å²) in [5.74, 6) is 0. The van der Waals surface area contributed by atoms with E-state index >= 15 is 0 Å². The molecule has 0 aromatic carbocycles. The number of alkyl carbamates (subject to hydrolysis) is 1. The monoisotopic (exact) mass is 267 g/mol. The fraction of sp³-hybridized carbons (Fsp3) is 0.867. The van der Waals surface area contributed by atoms with Gasteiger partial charge in [0.05, 0.1) is 5.54 Å². The highest BCUT2D eigenvalue weighted by Gasteiger charge is 2.55. The molecule has 2 fully saturated rings. The van der Waals surface area contributed by atoms with Crippen LogP contribution in [0.2, 0.25) is 0 Å². The first-order valence-corrected chi connectivity index (χ1v) is 7.26. The molecule has 0 aliphatic heterocycles. The molecule has 2 aliphatic rings. The lowest BCUT2D eigenvalue weighted by molar-refractivity contribution is -0.125. The molecule has 4 heteroatoms. The molecular formula is C15H25NO3. The van der Waals surface area contributed by atoms with Gasteiger partial charge in [0.2, 0.25) is 0 Å². The Morgan fingerprint density at radius 1 is 1.16 bits per heavy atom. The fourth-order valence-corrected chi connectivity index (χ4v) is 3.65. The molecule has 0 heterocycles. The van der Waals surface area contributed by atoms with Gasteiger partial charge in [0.1, 0.15) is 11.9 Å². The standard InChI is InChI=1S/C15H25NO3/c1-13(2,3)19-12(18)16-15(11-17)9-14(10-15)7-5-4-6-8-14/h11H,4-10H2,1-3H3,(H,16,18). The van der Waals surface area contributed by atoms with Crippen LogP contribution in [0.15, 0.2) is 0 Å². The number of hydrogen-bond donors (Lipinski definition) is 1. The van der Waals surface area contributed by atoms with Crippen LogP contribution in [-0.2, 0) is 9.53 Å². The Kier molecular flexibility index (Phi) is 3.63. The maximum Gasteiger partial charge on any atom is 0.408 e. The van der Waals surface area contributed by atoms with Gasteiger partial charge in [-0.15, -0.1) is 0 Å². The molecule has 0 saturated heterocycles. The molecule has 0 radical (unpaired) electrons. The van der Waals surface area contributed by atoms with E-state index < -0.39 is 17.2 Å². The van der Waals surface area contributed by atoms with Crippen molar-refractivity contribution in [2.75, 3.05) is 0 Å². The zero-order valence-electron chi connectivity index (χ0n) is 12.3. The summed E-state index contributed by atoms with van der Waals surface area (Å²) in [7, 11) is 0. The first-order valence-electron chi connectivity index (χ1n) is 7.26. The van der Waals surface area contributed by atoms with Gasteiger partial charge in [-0.1, -0.05) is 19.3 Å². The van der Waals surface area contributed by atoms with Crippen LogP contribution in [0.4, 0.5) is 4.79 Å². The third-order valence-corrected chi connectivity index (χ3v) is 4.27. The number of amides is 1. The van der Waals surface area contributed by atoms with E-state index in [4.69, 9.17) is 4.74 Å². The van der Waals surface area contributed by atoms with E-state index in [2.05, 4.69) is 5.32 Å². The second-order valence-electron chi connectivity index (χ2n) is 7.32. The largest absolute Gasteiger partial charge is 0.444 e. The molecular weight excluding hydrogens is 242 g/mol. The second kappa shape index (κ2) is 4.80. The molecule has 4 nitrogen and oxygen atoms in total. The summed E-state index contributed by atoms with van der Waals surface area (Å²) in [6.45, 7) is 5.47. The van der Waals surface area contributed by atoms with Gasteiger partial charge in [0.15, 0.2) is 0 Å². The second-order valence-corrected chi connectivity index (χ2v) is 7.32. The van der Waals surface area contributed by atoms with Crippen LogP contribution in [-0.4, -0.2) is 23.5 Å². The van der Waals surface area contributed by atoms with E-state index in [0.29, 0.717) is 5.41 Å². The van der Waals surface area contributed by atoms with E-state index in [-0.39, 0.29) is 0 Å². The van der Waals surface area contributed by atoms with Crippen molar-refractivity contribution in [3.8, 4) is 0 Å². The molecule has 2 aliphatic carbocycles. The highest BCUT2D eigenvalue weighted by atomic mass is 16.6. The summed E-state index contributed by atoms with van der Waals surface area (Å²) in [5, 5.41) is 2.78. The topological polar surface area (TPSA) is 55.4 Å². The molecule has 0 aromatic rings. The Morgan fingerprint density at radius 3 is 2.21 bits per heavy atom. The lowest BCUT2D eigenvalue weighted by Crippen LogP contribution is -2.64. The predicted molar refractivity (Wildman–Crippen MR) is 72.9 cm³/mol. The van der Waals surface area contributed by atoms with Gasteiger partial charge in [-0.25, -0.2) is 4.79 Å². The molecule has 19 heavy (non-hydrogen) atoms. The highest BCUT2D eigenvalue weighted by molar-refractivity contribution is 5.78. The van der Waals surface area contributed by atoms with E-state index in [1.807, 2.05) is 20.8 Å². The number of ether oxygens (including phenoxy) is 1. The summed E-state index contributed by atoms with van der Waals surface area (Å²) in [6.07, 6.45) is 8.17. The van der Waals surface area contributed by atoms with Crippen LogP contribution in [0.1, 0.15) is 65.7 Å². The normalized spacial score (nSPS) is 24.4. The summed E-state index contributed by atoms with van der Waals surface area (Å²) < 4.78 is 5.24. The molecule has 2 saturated carbocycles. The smallest absolute Gasteiger partial charge is 0.408 e. The first-order chi connectivity index (χ1) is 8.78. The van der Waals surface area contributed by atoms with Gasteiger partial charge in [-0.2, -0.15) is 0 Å². The predicted octanol–water partition coefficient (Wildman–Crippen LogP) is 3.19. The Balaban J connectivity index is 1.91. The van der Waals surface area contributed by atoms with Crippen LogP contribution in [0.3, 0.4) is 0 Å². The van der Waals surface area contributed by atoms with Crippen molar-refractivity contribution in [3.63, 3.8) is 0 Å². The minimum Gasteiger partial charge on any atom is -0.444 e. The summed E-state index contributed by atoms with van der Waals surface area (Å²) in [6, 6.07) is 0. The van der Waals surface area contributed by atoms with Crippen molar-refractivity contribution in [3.05, 3.63) is 0 Å². The lowest BCUT2D eigenvalue weighted by Gasteiger charge is -2.55. The molecule has 108 valence electrons. The molecule has 2 rings (SSSR count). The van der Waals surface area contributed by atoms with Gasteiger partial charge >= 0.3 is 6.09 Å². The van der Waals surface area contributed by atoms with E-state index in [1.54, 1.807) is 0 Å². The SMILES string of the molecule is CC(C)(C)OC(=O)NC1(C=O)CC2(CCCCC2)C1. The van der Waals surface area contributed by atoms with Gasteiger partial charge < -0.3 is 14.8 Å². The Labute approximate surface area is 115 Å². The van der Waals surface area contributed by atoms with Crippen molar-refractivity contribution < 1.29 is 14.3 Å². The van der Waals surface area contributed by atoms with Crippen molar-refractivity contribution in [1.82, 2.24) is 5.32 Å². The number of carbonyl (C=O) groups is 2. The summed E-state index contributed by atoms with van der Waals surface area (Å²) >= 11 is 0. The van der Waals surface area contributed by atoms with E-state index in [9.17, 15) is 9.59 Å². The number of aldehydes is 1. The van der Waals surface area contributed by atoms with Crippen LogP contribution < -0.4 is 5.32 Å². The Morgan fingerprint density at radius 2 is 1.74 bits per heavy atom. The minimum absolute atomic E-state index is 0.300. The van der Waals surface area contributed by atoms with E-state index in [1.165, 1.54) is 32.1 Å². The van der Waals surface area contributed by atoms with Crippen LogP contribution in [0.25, 0.3) is 0 Å². The third kappa shape index (κ3) is 3.28. The van der Waals surface area contributed by atoms with E-state index in [0.717, 1.165) is 19.1 Å². The van der Waals surface area contributed by atoms with Gasteiger partial charge in [-0.05, 0) is 51.9 Å². The van der Waals surface area contributed by atoms with Crippen LogP contribution in [0, 0.1) is 5.41 Å². The highest BCUT2D eigenvalue weighted by Crippen LogP contribution is 2.56. The molecule has 1 amide bonds. The minimum atomic E-state index is -0.681. The zero-order valence-corrected chi connectivity index (χ0v) is 12.3. The van der Waals surface area contributed by atoms with Crippen molar-refractivity contribution >= 4 is 12.4 Å². The van der Waals surface area contributed by atoms with Crippen LogP contribution >= 0.6 is 0 Å². The quantitative estimate of drug-likeness (QED) is 0.782. The van der Waals surface area contributed by atoms with Gasteiger partial charge in [0, 0.05) is 0 Å². The Hall–Kier alpha value is -1.06. The average molecular weight is 267 g/mol. The van der Waals surface area contributed by atoms with Crippen molar-refractivity contribution in [2.24, 2.45) is 5.41 Å². The first kappa shape index (κ1) is 14.4. The third-order valence-electron chi connectivity index (χ3n) is 4.27. The average Bonchev–Trinajstić information content (AvgIpc) is 2.25. The van der Waals surface area contributed by atoms with Crippen LogP contribution in [0.5, 0.6) is 0 Å². The molecule has 0 bridgehead atoms.